The fourth-order valence-corrected chi connectivity index (χ4v) is 3.28. The molecule has 9 atom stereocenters. The van der Waals surface area contributed by atoms with E-state index in [0.29, 0.717) is 12.3 Å². The minimum atomic E-state index is -1.78. The second kappa shape index (κ2) is 12.7. The summed E-state index contributed by atoms with van der Waals surface area (Å²) in [5.74, 6) is 0.690. The Labute approximate surface area is 185 Å². The molecule has 12 nitrogen and oxygen atoms in total. The summed E-state index contributed by atoms with van der Waals surface area (Å²) in [6.45, 7) is -1.29. The van der Waals surface area contributed by atoms with Crippen LogP contribution in [-0.2, 0) is 16.0 Å². The Bertz CT molecular complexity index is 661. The van der Waals surface area contributed by atoms with Gasteiger partial charge in [-0.15, -0.1) is 0 Å². The van der Waals surface area contributed by atoms with Crippen molar-refractivity contribution in [2.45, 2.75) is 61.7 Å². The average Bonchev–Trinajstić information content (AvgIpc) is 2.81. The SMILES string of the molecule is COc1ccc(CNC[C@H](O)[C@@H](O)[C@H](OC2O[C@H](CO)[C@H](O)[C@H](O)[C@H]2O)[C@H](O)CO)cc1. The third kappa shape index (κ3) is 6.79. The van der Waals surface area contributed by atoms with E-state index in [1.165, 1.54) is 0 Å². The predicted octanol–water partition coefficient (Wildman–Crippen LogP) is -3.96. The van der Waals surface area contributed by atoms with Gasteiger partial charge in [0.1, 0.15) is 48.5 Å². The lowest BCUT2D eigenvalue weighted by atomic mass is 9.98. The zero-order chi connectivity index (χ0) is 23.8. The molecule has 0 saturated carbocycles. The molecule has 1 aliphatic rings. The average molecular weight is 463 g/mol. The van der Waals surface area contributed by atoms with Crippen LogP contribution < -0.4 is 10.1 Å². The van der Waals surface area contributed by atoms with Gasteiger partial charge in [0.25, 0.3) is 0 Å². The Morgan fingerprint density at radius 3 is 2.19 bits per heavy atom. The van der Waals surface area contributed by atoms with E-state index in [1.54, 1.807) is 19.2 Å². The van der Waals surface area contributed by atoms with E-state index < -0.39 is 68.3 Å². The molecular weight excluding hydrogens is 430 g/mol. The number of ether oxygens (including phenoxy) is 3. The van der Waals surface area contributed by atoms with Crippen molar-refractivity contribution in [3.8, 4) is 5.75 Å². The van der Waals surface area contributed by atoms with Crippen molar-refractivity contribution in [1.82, 2.24) is 5.32 Å². The number of aliphatic hydroxyl groups is 8. The number of nitrogens with one attached hydrogen (secondary N) is 1. The van der Waals surface area contributed by atoms with Gasteiger partial charge in [-0.25, -0.2) is 0 Å². The summed E-state index contributed by atoms with van der Waals surface area (Å²) >= 11 is 0. The molecule has 1 unspecified atom stereocenters. The maximum absolute atomic E-state index is 10.5. The zero-order valence-corrected chi connectivity index (χ0v) is 17.6. The van der Waals surface area contributed by atoms with Gasteiger partial charge in [0.2, 0.25) is 0 Å². The predicted molar refractivity (Wildman–Crippen MR) is 108 cm³/mol. The molecule has 0 radical (unpaired) electrons. The molecule has 12 heteroatoms. The van der Waals surface area contributed by atoms with E-state index in [-0.39, 0.29) is 6.54 Å². The van der Waals surface area contributed by atoms with Crippen LogP contribution in [-0.4, -0.2) is 123 Å². The summed E-state index contributed by atoms with van der Waals surface area (Å²) < 4.78 is 15.6. The van der Waals surface area contributed by atoms with E-state index in [9.17, 15) is 40.9 Å². The maximum Gasteiger partial charge on any atom is 0.187 e. The van der Waals surface area contributed by atoms with Gasteiger partial charge in [0.15, 0.2) is 6.29 Å². The molecule has 0 aromatic heterocycles. The van der Waals surface area contributed by atoms with E-state index in [1.807, 2.05) is 12.1 Å². The van der Waals surface area contributed by atoms with Crippen LogP contribution >= 0.6 is 0 Å². The third-order valence-corrected chi connectivity index (χ3v) is 5.28. The standard InChI is InChI=1S/C20H33NO11/c1-30-11-4-2-10(3-5-11)6-21-7-12(24)15(26)19(13(25)8-22)32-20-18(29)17(28)16(27)14(9-23)31-20/h2-5,12-29H,6-9H2,1H3/t12-,13+,14+,15+,16-,17-,18+,19+,20?/m0/s1. The van der Waals surface area contributed by atoms with Crippen LogP contribution in [0.25, 0.3) is 0 Å². The van der Waals surface area contributed by atoms with Gasteiger partial charge in [-0.1, -0.05) is 12.1 Å². The summed E-state index contributed by atoms with van der Waals surface area (Å²) in [6, 6.07) is 7.17. The summed E-state index contributed by atoms with van der Waals surface area (Å²) in [5, 5.41) is 82.2. The highest BCUT2D eigenvalue weighted by molar-refractivity contribution is 5.27. The minimum absolute atomic E-state index is 0.111. The van der Waals surface area contributed by atoms with Crippen LogP contribution in [0.15, 0.2) is 24.3 Å². The van der Waals surface area contributed by atoms with Gasteiger partial charge in [0.05, 0.1) is 26.4 Å². The second-order valence-electron chi connectivity index (χ2n) is 7.58. The lowest BCUT2D eigenvalue weighted by Crippen LogP contribution is -2.61. The molecule has 1 heterocycles. The second-order valence-corrected chi connectivity index (χ2v) is 7.58. The Hall–Kier alpha value is -1.42. The normalized spacial score (nSPS) is 29.8. The van der Waals surface area contributed by atoms with Crippen molar-refractivity contribution >= 4 is 0 Å². The van der Waals surface area contributed by atoms with E-state index in [4.69, 9.17) is 14.2 Å². The lowest BCUT2D eigenvalue weighted by molar-refractivity contribution is -0.327. The van der Waals surface area contributed by atoms with Crippen LogP contribution in [0.4, 0.5) is 0 Å². The minimum Gasteiger partial charge on any atom is -0.497 e. The van der Waals surface area contributed by atoms with Crippen molar-refractivity contribution in [1.29, 1.82) is 0 Å². The molecule has 9 N–H and O–H groups in total. The lowest BCUT2D eigenvalue weighted by Gasteiger charge is -2.42. The first-order valence-electron chi connectivity index (χ1n) is 10.2. The van der Waals surface area contributed by atoms with Crippen LogP contribution in [0, 0.1) is 0 Å². The fourth-order valence-electron chi connectivity index (χ4n) is 3.28. The molecule has 1 aromatic carbocycles. The van der Waals surface area contributed by atoms with Gasteiger partial charge in [-0.05, 0) is 17.7 Å². The monoisotopic (exact) mass is 463 g/mol. The highest BCUT2D eigenvalue weighted by Crippen LogP contribution is 2.25. The van der Waals surface area contributed by atoms with Gasteiger partial charge >= 0.3 is 0 Å². The van der Waals surface area contributed by atoms with Crippen molar-refractivity contribution in [2.24, 2.45) is 0 Å². The van der Waals surface area contributed by atoms with E-state index in [0.717, 1.165) is 5.56 Å². The van der Waals surface area contributed by atoms with Crippen LogP contribution in [0.5, 0.6) is 5.75 Å². The Kier molecular flexibility index (Phi) is 10.7. The molecule has 0 amide bonds. The highest BCUT2D eigenvalue weighted by Gasteiger charge is 2.46. The van der Waals surface area contributed by atoms with Gasteiger partial charge in [-0.3, -0.25) is 0 Å². The number of aliphatic hydroxyl groups excluding tert-OH is 8. The Morgan fingerprint density at radius 2 is 1.62 bits per heavy atom. The van der Waals surface area contributed by atoms with Crippen molar-refractivity contribution in [3.05, 3.63) is 29.8 Å². The zero-order valence-electron chi connectivity index (χ0n) is 17.6. The molecule has 1 aliphatic heterocycles. The Morgan fingerprint density at radius 1 is 0.969 bits per heavy atom. The molecule has 1 fully saturated rings. The van der Waals surface area contributed by atoms with E-state index >= 15 is 0 Å². The molecule has 32 heavy (non-hydrogen) atoms. The molecule has 1 aromatic rings. The fraction of sp³-hybridized carbons (Fsp3) is 0.700. The molecule has 1 saturated heterocycles. The number of benzene rings is 1. The maximum atomic E-state index is 10.5. The largest absolute Gasteiger partial charge is 0.497 e. The van der Waals surface area contributed by atoms with Crippen LogP contribution in [0.3, 0.4) is 0 Å². The van der Waals surface area contributed by atoms with Gasteiger partial charge in [0, 0.05) is 13.1 Å². The summed E-state index contributed by atoms with van der Waals surface area (Å²) in [5.41, 5.74) is 0.886. The van der Waals surface area contributed by atoms with Crippen LogP contribution in [0.1, 0.15) is 5.56 Å². The van der Waals surface area contributed by atoms with Gasteiger partial charge < -0.3 is 60.4 Å². The summed E-state index contributed by atoms with van der Waals surface area (Å²) in [6.07, 6.45) is -14.5. The summed E-state index contributed by atoms with van der Waals surface area (Å²) in [4.78, 5) is 0. The third-order valence-electron chi connectivity index (χ3n) is 5.28. The molecular formula is C20H33NO11. The highest BCUT2D eigenvalue weighted by atomic mass is 16.7. The number of hydrogen-bond donors (Lipinski definition) is 9. The number of rotatable bonds is 12. The van der Waals surface area contributed by atoms with E-state index in [2.05, 4.69) is 5.32 Å². The first-order chi connectivity index (χ1) is 15.2. The molecule has 2 rings (SSSR count). The molecule has 0 aliphatic carbocycles. The molecule has 0 spiro atoms. The molecule has 184 valence electrons. The number of methoxy groups -OCH3 is 1. The quantitative estimate of drug-likeness (QED) is 0.146. The van der Waals surface area contributed by atoms with Crippen molar-refractivity contribution in [3.63, 3.8) is 0 Å². The number of hydrogen-bond acceptors (Lipinski definition) is 12. The molecule has 0 bridgehead atoms. The van der Waals surface area contributed by atoms with Crippen molar-refractivity contribution in [2.75, 3.05) is 26.9 Å². The smallest absolute Gasteiger partial charge is 0.187 e. The topological polar surface area (TPSA) is 202 Å². The van der Waals surface area contributed by atoms with Crippen LogP contribution in [0.2, 0.25) is 0 Å². The van der Waals surface area contributed by atoms with Gasteiger partial charge in [-0.2, -0.15) is 0 Å². The first-order valence-corrected chi connectivity index (χ1v) is 10.2. The first kappa shape index (κ1) is 26.8. The summed E-state index contributed by atoms with van der Waals surface area (Å²) in [7, 11) is 1.55. The van der Waals surface area contributed by atoms with Crippen molar-refractivity contribution < 1.29 is 55.1 Å². The Balaban J connectivity index is 1.97.